The van der Waals surface area contributed by atoms with Crippen LogP contribution in [0.1, 0.15) is 58.2 Å². The predicted octanol–water partition coefficient (Wildman–Crippen LogP) is 5.92. The number of amides is 2. The lowest BCUT2D eigenvalue weighted by Gasteiger charge is -2.48. The summed E-state index contributed by atoms with van der Waals surface area (Å²) < 4.78 is 37.4. The Morgan fingerprint density at radius 1 is 0.700 bits per heavy atom. The van der Waals surface area contributed by atoms with Gasteiger partial charge in [-0.1, -0.05) is 91.0 Å². The van der Waals surface area contributed by atoms with Crippen molar-refractivity contribution in [2.45, 2.75) is 109 Å². The van der Waals surface area contributed by atoms with Crippen molar-refractivity contribution in [3.63, 3.8) is 0 Å². The molecule has 0 radical (unpaired) electrons. The Morgan fingerprint density at radius 2 is 1.16 bits per heavy atom. The fraction of sp³-hybridized carbons (Fsp3) is 0.487. The maximum atomic E-state index is 13.4. The van der Waals surface area contributed by atoms with Crippen molar-refractivity contribution >= 4 is 12.2 Å². The number of ether oxygens (including phenoxy) is 6. The molecule has 11 heteroatoms. The van der Waals surface area contributed by atoms with E-state index in [1.807, 2.05) is 91.0 Å². The number of hydrogen-bond acceptors (Lipinski definition) is 9. The Balaban J connectivity index is 1.73. The molecule has 0 aromatic heterocycles. The Bertz CT molecular complexity index is 1450. The van der Waals surface area contributed by atoms with Crippen molar-refractivity contribution in [1.29, 1.82) is 0 Å². The first-order valence-electron chi connectivity index (χ1n) is 17.0. The van der Waals surface area contributed by atoms with Crippen LogP contribution < -0.4 is 10.6 Å². The summed E-state index contributed by atoms with van der Waals surface area (Å²) >= 11 is 0. The molecular weight excluding hydrogens is 640 g/mol. The standard InChI is InChI=1S/C39H52N2O9/c1-38(2,3)49-36(43)40-30(22-42)33-32(41-37(44)50-39(4,5)6)35(47-25-29-20-14-9-15-21-29)34(46-24-28-18-12-8-13-19-28)31(48-33)26-45-23-27-16-10-7-11-17-27/h7-21,30-35,42H,22-26H2,1-6H3,(H,40,43)(H,41,44)/t30-,31+,32-,33+,34-,35+/m0/s1. The van der Waals surface area contributed by atoms with E-state index in [0.717, 1.165) is 16.7 Å². The Kier molecular flexibility index (Phi) is 14.2. The molecule has 0 saturated carbocycles. The molecule has 11 nitrogen and oxygen atoms in total. The van der Waals surface area contributed by atoms with Crippen molar-refractivity contribution in [1.82, 2.24) is 10.6 Å². The molecule has 1 fully saturated rings. The molecule has 272 valence electrons. The molecule has 1 saturated heterocycles. The van der Waals surface area contributed by atoms with Gasteiger partial charge in [0, 0.05) is 0 Å². The molecule has 6 atom stereocenters. The number of benzene rings is 3. The van der Waals surface area contributed by atoms with Gasteiger partial charge in [0.25, 0.3) is 0 Å². The van der Waals surface area contributed by atoms with Gasteiger partial charge >= 0.3 is 12.2 Å². The van der Waals surface area contributed by atoms with E-state index in [1.165, 1.54) is 0 Å². The maximum Gasteiger partial charge on any atom is 0.408 e. The minimum absolute atomic E-state index is 0.0831. The highest BCUT2D eigenvalue weighted by atomic mass is 16.6. The van der Waals surface area contributed by atoms with Crippen LogP contribution in [0.5, 0.6) is 0 Å². The van der Waals surface area contributed by atoms with E-state index < -0.39 is 66.5 Å². The van der Waals surface area contributed by atoms with Crippen LogP contribution in [0.2, 0.25) is 0 Å². The molecule has 0 spiro atoms. The summed E-state index contributed by atoms with van der Waals surface area (Å²) in [5.74, 6) is 0. The van der Waals surface area contributed by atoms with Gasteiger partial charge in [0.05, 0.1) is 45.1 Å². The molecule has 0 unspecified atom stereocenters. The first kappa shape index (κ1) is 38.8. The van der Waals surface area contributed by atoms with Crippen LogP contribution in [0.15, 0.2) is 91.0 Å². The minimum Gasteiger partial charge on any atom is -0.444 e. The van der Waals surface area contributed by atoms with Crippen LogP contribution in [0.3, 0.4) is 0 Å². The Hall–Kier alpha value is -4.00. The van der Waals surface area contributed by atoms with Gasteiger partial charge in [-0.3, -0.25) is 0 Å². The van der Waals surface area contributed by atoms with Crippen molar-refractivity contribution in [3.05, 3.63) is 108 Å². The Labute approximate surface area is 295 Å². The van der Waals surface area contributed by atoms with Crippen LogP contribution in [0, 0.1) is 0 Å². The van der Waals surface area contributed by atoms with Crippen LogP contribution in [-0.4, -0.2) is 78.2 Å². The second kappa shape index (κ2) is 18.3. The molecule has 3 aromatic rings. The number of carbonyl (C=O) groups is 2. The number of carbonyl (C=O) groups excluding carboxylic acids is 2. The molecule has 3 N–H and O–H groups in total. The van der Waals surface area contributed by atoms with E-state index in [-0.39, 0.29) is 19.8 Å². The molecule has 0 aliphatic carbocycles. The quantitative estimate of drug-likeness (QED) is 0.188. The monoisotopic (exact) mass is 692 g/mol. The van der Waals surface area contributed by atoms with Gasteiger partial charge in [0.15, 0.2) is 0 Å². The van der Waals surface area contributed by atoms with E-state index in [9.17, 15) is 14.7 Å². The second-order valence-electron chi connectivity index (χ2n) is 14.3. The summed E-state index contributed by atoms with van der Waals surface area (Å²) in [4.78, 5) is 26.4. The number of alkyl carbamates (subject to hydrolysis) is 2. The summed E-state index contributed by atoms with van der Waals surface area (Å²) in [6.07, 6.45) is -4.88. The third-order valence-electron chi connectivity index (χ3n) is 7.67. The minimum atomic E-state index is -1.03. The first-order valence-corrected chi connectivity index (χ1v) is 17.0. The average Bonchev–Trinajstić information content (AvgIpc) is 3.06. The SMILES string of the molecule is CC(C)(C)OC(=O)N[C@@H]1[C@@H](OCc2ccccc2)[C@@H](OCc2ccccc2)[C@@H](COCc2ccccc2)O[C@@H]1[C@H](CO)NC(=O)OC(C)(C)C. The van der Waals surface area contributed by atoms with E-state index in [1.54, 1.807) is 41.5 Å². The smallest absolute Gasteiger partial charge is 0.408 e. The summed E-state index contributed by atoms with van der Waals surface area (Å²) in [6.45, 7) is 10.8. The Morgan fingerprint density at radius 3 is 1.64 bits per heavy atom. The fourth-order valence-electron chi connectivity index (χ4n) is 5.55. The summed E-state index contributed by atoms with van der Waals surface area (Å²) in [6, 6.07) is 27.1. The van der Waals surface area contributed by atoms with E-state index >= 15 is 0 Å². The lowest BCUT2D eigenvalue weighted by atomic mass is 9.88. The van der Waals surface area contributed by atoms with Gasteiger partial charge < -0.3 is 44.2 Å². The van der Waals surface area contributed by atoms with E-state index in [2.05, 4.69) is 10.6 Å². The molecule has 3 aromatic carbocycles. The predicted molar refractivity (Wildman–Crippen MR) is 188 cm³/mol. The maximum absolute atomic E-state index is 13.4. The van der Waals surface area contributed by atoms with Gasteiger partial charge in [0.1, 0.15) is 35.6 Å². The van der Waals surface area contributed by atoms with Crippen molar-refractivity contribution < 1.29 is 43.1 Å². The largest absolute Gasteiger partial charge is 0.444 e. The van der Waals surface area contributed by atoms with Gasteiger partial charge in [0.2, 0.25) is 0 Å². The lowest BCUT2D eigenvalue weighted by molar-refractivity contribution is -0.237. The molecular formula is C39H52N2O9. The van der Waals surface area contributed by atoms with Crippen molar-refractivity contribution in [3.8, 4) is 0 Å². The first-order chi connectivity index (χ1) is 23.8. The topological polar surface area (TPSA) is 134 Å². The summed E-state index contributed by atoms with van der Waals surface area (Å²) in [5.41, 5.74) is 1.20. The van der Waals surface area contributed by atoms with E-state index in [4.69, 9.17) is 28.4 Å². The van der Waals surface area contributed by atoms with Crippen molar-refractivity contribution in [2.75, 3.05) is 13.2 Å². The fourth-order valence-corrected chi connectivity index (χ4v) is 5.55. The summed E-state index contributed by atoms with van der Waals surface area (Å²) in [5, 5.41) is 16.4. The third-order valence-corrected chi connectivity index (χ3v) is 7.67. The van der Waals surface area contributed by atoms with Crippen LogP contribution in [0.4, 0.5) is 9.59 Å². The molecule has 4 rings (SSSR count). The molecule has 2 amide bonds. The lowest BCUT2D eigenvalue weighted by Crippen LogP contribution is -2.70. The number of aliphatic hydroxyl groups excluding tert-OH is 1. The van der Waals surface area contributed by atoms with Gasteiger partial charge in [-0.15, -0.1) is 0 Å². The molecule has 50 heavy (non-hydrogen) atoms. The van der Waals surface area contributed by atoms with Gasteiger partial charge in [-0.2, -0.15) is 0 Å². The van der Waals surface area contributed by atoms with Crippen LogP contribution in [-0.2, 0) is 48.2 Å². The number of aliphatic hydroxyl groups is 1. The highest BCUT2D eigenvalue weighted by Crippen LogP contribution is 2.31. The second-order valence-corrected chi connectivity index (χ2v) is 14.3. The zero-order valence-electron chi connectivity index (χ0n) is 29.9. The molecule has 0 bridgehead atoms. The third kappa shape index (κ3) is 12.7. The van der Waals surface area contributed by atoms with E-state index in [0.29, 0.717) is 6.61 Å². The van der Waals surface area contributed by atoms with Gasteiger partial charge in [-0.25, -0.2) is 9.59 Å². The highest BCUT2D eigenvalue weighted by molar-refractivity contribution is 5.69. The van der Waals surface area contributed by atoms with Crippen molar-refractivity contribution in [2.24, 2.45) is 0 Å². The number of nitrogens with one attached hydrogen (secondary N) is 2. The zero-order chi connectivity index (χ0) is 36.1. The number of hydrogen-bond donors (Lipinski definition) is 3. The zero-order valence-corrected chi connectivity index (χ0v) is 29.9. The van der Waals surface area contributed by atoms with Crippen LogP contribution in [0.25, 0.3) is 0 Å². The molecule has 1 aliphatic rings. The average molecular weight is 693 g/mol. The normalized spacial score (nSPS) is 21.5. The van der Waals surface area contributed by atoms with Gasteiger partial charge in [-0.05, 0) is 58.2 Å². The molecule has 1 heterocycles. The van der Waals surface area contributed by atoms with Crippen LogP contribution >= 0.6 is 0 Å². The number of rotatable bonds is 14. The molecule has 1 aliphatic heterocycles. The highest BCUT2D eigenvalue weighted by Gasteiger charge is 2.51. The summed E-state index contributed by atoms with van der Waals surface area (Å²) in [7, 11) is 0.